The van der Waals surface area contributed by atoms with Gasteiger partial charge in [-0.3, -0.25) is 0 Å². The van der Waals surface area contributed by atoms with Gasteiger partial charge in [0.15, 0.2) is 0 Å². The highest BCUT2D eigenvalue weighted by Crippen LogP contribution is 2.23. The lowest BCUT2D eigenvalue weighted by molar-refractivity contribution is 0.472. The number of hydrogen-bond acceptors (Lipinski definition) is 4. The second-order valence-corrected chi connectivity index (χ2v) is 7.17. The molecule has 156 valence electrons. The summed E-state index contributed by atoms with van der Waals surface area (Å²) in [5, 5.41) is 37.0. The molecule has 0 aromatic heterocycles. The van der Waals surface area contributed by atoms with Crippen LogP contribution in [-0.2, 0) is 12.8 Å². The summed E-state index contributed by atoms with van der Waals surface area (Å²) in [5.74, 6) is 0.104. The van der Waals surface area contributed by atoms with Gasteiger partial charge in [0.1, 0.15) is 23.6 Å². The number of phenolic OH excluding ortho intramolecular Hbond substituents is 2. The van der Waals surface area contributed by atoms with E-state index in [1.165, 1.54) is 12.1 Å². The maximum atomic E-state index is 9.55. The summed E-state index contributed by atoms with van der Waals surface area (Å²) in [4.78, 5) is 0. The molecule has 4 heteroatoms. The SMILES string of the molecule is N#Cc1c(O)cccc1Cc1ccccc1.N#Cc1c(O)cccc1Cc1ccccc1. The molecule has 4 aromatic carbocycles. The number of nitrogens with zero attached hydrogens (tertiary/aromatic N) is 2. The van der Waals surface area contributed by atoms with Gasteiger partial charge in [-0.25, -0.2) is 0 Å². The molecule has 0 heterocycles. The van der Waals surface area contributed by atoms with Crippen LogP contribution in [0.2, 0.25) is 0 Å². The topological polar surface area (TPSA) is 88.0 Å². The normalized spacial score (nSPS) is 9.69. The van der Waals surface area contributed by atoms with Crippen LogP contribution in [0.4, 0.5) is 0 Å². The van der Waals surface area contributed by atoms with E-state index in [-0.39, 0.29) is 11.5 Å². The van der Waals surface area contributed by atoms with Crippen molar-refractivity contribution in [1.82, 2.24) is 0 Å². The fourth-order valence-corrected chi connectivity index (χ4v) is 3.36. The van der Waals surface area contributed by atoms with Gasteiger partial charge < -0.3 is 10.2 Å². The fourth-order valence-electron chi connectivity index (χ4n) is 3.36. The number of nitriles is 2. The Morgan fingerprint density at radius 3 is 1.22 bits per heavy atom. The van der Waals surface area contributed by atoms with Crippen molar-refractivity contribution >= 4 is 0 Å². The van der Waals surface area contributed by atoms with Crippen LogP contribution in [0.15, 0.2) is 97.1 Å². The van der Waals surface area contributed by atoms with Crippen LogP contribution in [0.5, 0.6) is 11.5 Å². The number of aromatic hydroxyl groups is 2. The van der Waals surface area contributed by atoms with Gasteiger partial charge in [0.25, 0.3) is 0 Å². The van der Waals surface area contributed by atoms with Gasteiger partial charge in [-0.1, -0.05) is 84.9 Å². The number of phenols is 2. The zero-order valence-electron chi connectivity index (χ0n) is 17.4. The monoisotopic (exact) mass is 418 g/mol. The minimum Gasteiger partial charge on any atom is -0.507 e. The Balaban J connectivity index is 0.000000181. The molecule has 0 bridgehead atoms. The zero-order chi connectivity index (χ0) is 22.8. The molecule has 0 unspecified atom stereocenters. The van der Waals surface area contributed by atoms with E-state index in [1.54, 1.807) is 12.1 Å². The van der Waals surface area contributed by atoms with E-state index >= 15 is 0 Å². The molecule has 0 saturated carbocycles. The highest BCUT2D eigenvalue weighted by Gasteiger charge is 2.08. The van der Waals surface area contributed by atoms with Crippen LogP contribution in [0.25, 0.3) is 0 Å². The Hall–Kier alpha value is -4.54. The molecular weight excluding hydrogens is 396 g/mol. The molecule has 0 spiro atoms. The first kappa shape index (κ1) is 22.2. The first-order chi connectivity index (χ1) is 15.6. The van der Waals surface area contributed by atoms with Crippen LogP contribution in [0, 0.1) is 22.7 Å². The largest absolute Gasteiger partial charge is 0.507 e. The van der Waals surface area contributed by atoms with Gasteiger partial charge >= 0.3 is 0 Å². The first-order valence-corrected chi connectivity index (χ1v) is 10.1. The van der Waals surface area contributed by atoms with Crippen molar-refractivity contribution < 1.29 is 10.2 Å². The maximum absolute atomic E-state index is 9.55. The molecule has 0 amide bonds. The second-order valence-electron chi connectivity index (χ2n) is 7.17. The Kier molecular flexibility index (Phi) is 7.63. The maximum Gasteiger partial charge on any atom is 0.133 e. The van der Waals surface area contributed by atoms with Crippen molar-refractivity contribution in [3.05, 3.63) is 130 Å². The highest BCUT2D eigenvalue weighted by atomic mass is 16.3. The average Bonchev–Trinajstić information content (AvgIpc) is 2.81. The van der Waals surface area contributed by atoms with Crippen molar-refractivity contribution in [2.24, 2.45) is 0 Å². The van der Waals surface area contributed by atoms with Crippen LogP contribution >= 0.6 is 0 Å². The predicted molar refractivity (Wildman–Crippen MR) is 124 cm³/mol. The number of rotatable bonds is 4. The van der Waals surface area contributed by atoms with Crippen molar-refractivity contribution in [2.45, 2.75) is 12.8 Å². The van der Waals surface area contributed by atoms with E-state index in [0.29, 0.717) is 24.0 Å². The summed E-state index contributed by atoms with van der Waals surface area (Å²) in [5.41, 5.74) is 4.70. The van der Waals surface area contributed by atoms with Crippen molar-refractivity contribution in [3.8, 4) is 23.6 Å². The molecule has 4 aromatic rings. The van der Waals surface area contributed by atoms with Crippen LogP contribution < -0.4 is 0 Å². The minimum absolute atomic E-state index is 0.0518. The molecule has 0 saturated heterocycles. The van der Waals surface area contributed by atoms with Gasteiger partial charge in [0, 0.05) is 0 Å². The summed E-state index contributed by atoms with van der Waals surface area (Å²) < 4.78 is 0. The lowest BCUT2D eigenvalue weighted by Crippen LogP contribution is -1.92. The lowest BCUT2D eigenvalue weighted by atomic mass is 10.00. The molecule has 0 radical (unpaired) electrons. The Morgan fingerprint density at radius 2 is 0.875 bits per heavy atom. The predicted octanol–water partition coefficient (Wildman–Crippen LogP) is 5.71. The van der Waals surface area contributed by atoms with E-state index in [4.69, 9.17) is 10.5 Å². The molecule has 2 N–H and O–H groups in total. The Morgan fingerprint density at radius 1 is 0.500 bits per heavy atom. The summed E-state index contributed by atoms with van der Waals surface area (Å²) in [6, 6.07) is 34.2. The van der Waals surface area contributed by atoms with Gasteiger partial charge in [-0.05, 0) is 47.2 Å². The second kappa shape index (κ2) is 11.0. The highest BCUT2D eigenvalue weighted by molar-refractivity contribution is 5.50. The average molecular weight is 418 g/mol. The molecule has 0 aliphatic carbocycles. The molecule has 0 fully saturated rings. The summed E-state index contributed by atoms with van der Waals surface area (Å²) in [6.45, 7) is 0. The van der Waals surface area contributed by atoms with Gasteiger partial charge in [0.2, 0.25) is 0 Å². The van der Waals surface area contributed by atoms with Crippen molar-refractivity contribution in [1.29, 1.82) is 10.5 Å². The molecule has 0 atom stereocenters. The molecular formula is C28H22N2O2. The van der Waals surface area contributed by atoms with Crippen LogP contribution in [0.1, 0.15) is 33.4 Å². The molecule has 0 aliphatic heterocycles. The third-order valence-corrected chi connectivity index (χ3v) is 4.96. The Labute approximate surface area is 187 Å². The quantitative estimate of drug-likeness (QED) is 0.444. The summed E-state index contributed by atoms with van der Waals surface area (Å²) in [6.07, 6.45) is 1.33. The number of benzene rings is 4. The first-order valence-electron chi connectivity index (χ1n) is 10.1. The number of hydrogen-bond donors (Lipinski definition) is 2. The Bertz CT molecular complexity index is 1150. The lowest BCUT2D eigenvalue weighted by Gasteiger charge is -2.05. The van der Waals surface area contributed by atoms with Gasteiger partial charge in [0.05, 0.1) is 11.1 Å². The minimum atomic E-state index is 0.0518. The van der Waals surface area contributed by atoms with Gasteiger partial charge in [-0.2, -0.15) is 10.5 Å². The fraction of sp³-hybridized carbons (Fsp3) is 0.0714. The molecule has 32 heavy (non-hydrogen) atoms. The molecule has 4 rings (SSSR count). The van der Waals surface area contributed by atoms with E-state index < -0.39 is 0 Å². The van der Waals surface area contributed by atoms with Crippen LogP contribution in [-0.4, -0.2) is 10.2 Å². The van der Waals surface area contributed by atoms with Crippen molar-refractivity contribution in [2.75, 3.05) is 0 Å². The smallest absolute Gasteiger partial charge is 0.133 e. The third kappa shape index (κ3) is 5.75. The summed E-state index contributed by atoms with van der Waals surface area (Å²) in [7, 11) is 0. The van der Waals surface area contributed by atoms with E-state index in [2.05, 4.69) is 0 Å². The molecule has 4 nitrogen and oxygen atoms in total. The molecule has 0 aliphatic rings. The van der Waals surface area contributed by atoms with Crippen molar-refractivity contribution in [3.63, 3.8) is 0 Å². The zero-order valence-corrected chi connectivity index (χ0v) is 17.4. The van der Waals surface area contributed by atoms with E-state index in [9.17, 15) is 10.2 Å². The van der Waals surface area contributed by atoms with Crippen LogP contribution in [0.3, 0.4) is 0 Å². The van der Waals surface area contributed by atoms with E-state index in [1.807, 2.05) is 84.9 Å². The standard InChI is InChI=1S/2C14H11NO/c2*15-10-13-12(7-4-8-14(13)16)9-11-5-2-1-3-6-11/h2*1-8,16H,9H2. The third-order valence-electron chi connectivity index (χ3n) is 4.96. The van der Waals surface area contributed by atoms with Gasteiger partial charge in [-0.15, -0.1) is 0 Å². The van der Waals surface area contributed by atoms with E-state index in [0.717, 1.165) is 22.3 Å². The summed E-state index contributed by atoms with van der Waals surface area (Å²) >= 11 is 0.